The molecule has 0 aromatic heterocycles. The highest BCUT2D eigenvalue weighted by Crippen LogP contribution is 2.38. The molecule has 1 aromatic rings. The number of likely N-dealkylation sites (N-methyl/N-ethyl adjacent to an activating group) is 1. The molecule has 2 N–H and O–H groups in total. The summed E-state index contributed by atoms with van der Waals surface area (Å²) in [5, 5.41) is 14.7. The Morgan fingerprint density at radius 1 is 1.55 bits per heavy atom. The highest BCUT2D eigenvalue weighted by Gasteiger charge is 2.30. The number of nitrogens with one attached hydrogen (secondary N) is 2. The molecule has 6 heteroatoms. The SMILES string of the molecule is CCNC1C(=O)Nc2cc(N(C)CCC#N)c(Br)cc21. The third-order valence-electron chi connectivity index (χ3n) is 3.33. The van der Waals surface area contributed by atoms with Crippen molar-refractivity contribution in [3.8, 4) is 6.07 Å². The summed E-state index contributed by atoms with van der Waals surface area (Å²) in [6.45, 7) is 3.36. The average Bonchev–Trinajstić information content (AvgIpc) is 2.72. The van der Waals surface area contributed by atoms with Crippen LogP contribution in [0.15, 0.2) is 16.6 Å². The summed E-state index contributed by atoms with van der Waals surface area (Å²) in [6, 6.07) is 5.77. The number of rotatable bonds is 5. The topological polar surface area (TPSA) is 68.2 Å². The molecule has 1 aromatic carbocycles. The molecule has 0 fully saturated rings. The first-order chi connectivity index (χ1) is 9.58. The molecule has 0 bridgehead atoms. The van der Waals surface area contributed by atoms with Crippen LogP contribution < -0.4 is 15.5 Å². The van der Waals surface area contributed by atoms with Crippen LogP contribution >= 0.6 is 15.9 Å². The van der Waals surface area contributed by atoms with Gasteiger partial charge in [0.15, 0.2) is 0 Å². The highest BCUT2D eigenvalue weighted by molar-refractivity contribution is 9.10. The second kappa shape index (κ2) is 6.25. The smallest absolute Gasteiger partial charge is 0.246 e. The molecule has 2 rings (SSSR count). The number of carbonyl (C=O) groups is 1. The lowest BCUT2D eigenvalue weighted by Gasteiger charge is -2.21. The third-order valence-corrected chi connectivity index (χ3v) is 3.96. The number of nitrogens with zero attached hydrogens (tertiary/aromatic N) is 2. The third kappa shape index (κ3) is 2.79. The Morgan fingerprint density at radius 2 is 2.30 bits per heavy atom. The zero-order valence-electron chi connectivity index (χ0n) is 11.5. The molecular formula is C14H17BrN4O. The molecule has 0 saturated carbocycles. The minimum atomic E-state index is -0.287. The second-order valence-corrected chi connectivity index (χ2v) is 5.55. The lowest BCUT2D eigenvalue weighted by atomic mass is 10.1. The van der Waals surface area contributed by atoms with Crippen LogP contribution in [-0.4, -0.2) is 26.0 Å². The van der Waals surface area contributed by atoms with Crippen LogP contribution in [-0.2, 0) is 4.79 Å². The number of hydrogen-bond acceptors (Lipinski definition) is 4. The van der Waals surface area contributed by atoms with Crippen molar-refractivity contribution in [3.63, 3.8) is 0 Å². The van der Waals surface area contributed by atoms with Crippen molar-refractivity contribution in [3.05, 3.63) is 22.2 Å². The number of hydrogen-bond donors (Lipinski definition) is 2. The molecule has 20 heavy (non-hydrogen) atoms. The number of benzene rings is 1. The Labute approximate surface area is 127 Å². The maximum atomic E-state index is 11.9. The maximum absolute atomic E-state index is 11.9. The van der Waals surface area contributed by atoms with E-state index in [1.807, 2.05) is 31.0 Å². The summed E-state index contributed by atoms with van der Waals surface area (Å²) in [4.78, 5) is 13.9. The number of fused-ring (bicyclic) bond motifs is 1. The lowest BCUT2D eigenvalue weighted by Crippen LogP contribution is -2.27. The van der Waals surface area contributed by atoms with Gasteiger partial charge in [-0.3, -0.25) is 4.79 Å². The van der Waals surface area contributed by atoms with Crippen molar-refractivity contribution in [2.75, 3.05) is 30.4 Å². The summed E-state index contributed by atoms with van der Waals surface area (Å²) in [6.07, 6.45) is 0.465. The summed E-state index contributed by atoms with van der Waals surface area (Å²) < 4.78 is 0.927. The van der Waals surface area contributed by atoms with E-state index in [0.29, 0.717) is 13.0 Å². The van der Waals surface area contributed by atoms with Crippen LogP contribution in [0.2, 0.25) is 0 Å². The van der Waals surface area contributed by atoms with Gasteiger partial charge < -0.3 is 15.5 Å². The summed E-state index contributed by atoms with van der Waals surface area (Å²) >= 11 is 3.55. The first kappa shape index (κ1) is 14.8. The Bertz CT molecular complexity index is 567. The number of amides is 1. The molecule has 1 aliphatic rings. The van der Waals surface area contributed by atoms with Gasteiger partial charge >= 0.3 is 0 Å². The van der Waals surface area contributed by atoms with Crippen LogP contribution in [0.4, 0.5) is 11.4 Å². The van der Waals surface area contributed by atoms with Crippen molar-refractivity contribution < 1.29 is 4.79 Å². The fraction of sp³-hybridized carbons (Fsp3) is 0.429. The fourth-order valence-corrected chi connectivity index (χ4v) is 2.97. The molecule has 1 amide bonds. The van der Waals surface area contributed by atoms with Crippen molar-refractivity contribution in [1.29, 1.82) is 5.26 Å². The van der Waals surface area contributed by atoms with Gasteiger partial charge in [-0.05, 0) is 34.6 Å². The summed E-state index contributed by atoms with van der Waals surface area (Å²) in [7, 11) is 1.93. The predicted octanol–water partition coefficient (Wildman–Crippen LogP) is 2.40. The van der Waals surface area contributed by atoms with Crippen LogP contribution in [0.25, 0.3) is 0 Å². The van der Waals surface area contributed by atoms with Gasteiger partial charge in [0.2, 0.25) is 5.91 Å². The fourth-order valence-electron chi connectivity index (χ4n) is 2.31. The van der Waals surface area contributed by atoms with E-state index in [9.17, 15) is 4.79 Å². The van der Waals surface area contributed by atoms with E-state index in [0.717, 1.165) is 28.0 Å². The van der Waals surface area contributed by atoms with Gasteiger partial charge in [-0.1, -0.05) is 6.92 Å². The van der Waals surface area contributed by atoms with Crippen molar-refractivity contribution in [2.24, 2.45) is 0 Å². The predicted molar refractivity (Wildman–Crippen MR) is 82.7 cm³/mol. The van der Waals surface area contributed by atoms with Crippen molar-refractivity contribution >= 4 is 33.2 Å². The number of nitriles is 1. The molecule has 1 atom stereocenters. The molecule has 5 nitrogen and oxygen atoms in total. The van der Waals surface area contributed by atoms with Crippen molar-refractivity contribution in [1.82, 2.24) is 5.32 Å². The molecule has 0 spiro atoms. The first-order valence-electron chi connectivity index (χ1n) is 6.54. The largest absolute Gasteiger partial charge is 0.373 e. The van der Waals surface area contributed by atoms with Gasteiger partial charge in [0.25, 0.3) is 0 Å². The average molecular weight is 337 g/mol. The molecule has 1 heterocycles. The zero-order valence-corrected chi connectivity index (χ0v) is 13.1. The number of carbonyl (C=O) groups excluding carboxylic acids is 1. The maximum Gasteiger partial charge on any atom is 0.246 e. The monoisotopic (exact) mass is 336 g/mol. The van der Waals surface area contributed by atoms with Gasteiger partial charge in [0.1, 0.15) is 6.04 Å². The second-order valence-electron chi connectivity index (χ2n) is 4.70. The lowest BCUT2D eigenvalue weighted by molar-refractivity contribution is -0.117. The van der Waals surface area contributed by atoms with Crippen LogP contribution in [0.3, 0.4) is 0 Å². The Morgan fingerprint density at radius 3 is 2.95 bits per heavy atom. The zero-order chi connectivity index (χ0) is 14.7. The summed E-state index contributed by atoms with van der Waals surface area (Å²) in [5.74, 6) is -0.0226. The summed E-state index contributed by atoms with van der Waals surface area (Å²) in [5.41, 5.74) is 2.76. The molecule has 1 aliphatic heterocycles. The van der Waals surface area contributed by atoms with E-state index in [2.05, 4.69) is 32.6 Å². The minimum absolute atomic E-state index is 0.0226. The Kier molecular flexibility index (Phi) is 4.63. The van der Waals surface area contributed by atoms with E-state index in [-0.39, 0.29) is 11.9 Å². The molecule has 1 unspecified atom stereocenters. The highest BCUT2D eigenvalue weighted by atomic mass is 79.9. The molecule has 106 valence electrons. The van der Waals surface area contributed by atoms with Crippen LogP contribution in [0, 0.1) is 11.3 Å². The minimum Gasteiger partial charge on any atom is -0.373 e. The van der Waals surface area contributed by atoms with Gasteiger partial charge in [0, 0.05) is 29.3 Å². The molecule has 0 radical (unpaired) electrons. The van der Waals surface area contributed by atoms with E-state index >= 15 is 0 Å². The number of anilines is 2. The quantitative estimate of drug-likeness (QED) is 0.866. The van der Waals surface area contributed by atoms with E-state index in [1.54, 1.807) is 0 Å². The Balaban J connectivity index is 2.31. The normalized spacial score (nSPS) is 16.5. The standard InChI is InChI=1S/C14H17BrN4O/c1-3-17-13-9-7-10(15)12(19(2)6-4-5-16)8-11(9)18-14(13)20/h7-8,13,17H,3-4,6H2,1-2H3,(H,18,20). The van der Waals surface area contributed by atoms with Gasteiger partial charge in [-0.15, -0.1) is 0 Å². The molecular weight excluding hydrogens is 320 g/mol. The first-order valence-corrected chi connectivity index (χ1v) is 7.33. The molecule has 0 aliphatic carbocycles. The van der Waals surface area contributed by atoms with Gasteiger partial charge in [-0.2, -0.15) is 5.26 Å². The molecule has 0 saturated heterocycles. The number of halogens is 1. The van der Waals surface area contributed by atoms with Crippen LogP contribution in [0.5, 0.6) is 0 Å². The van der Waals surface area contributed by atoms with Crippen LogP contribution in [0.1, 0.15) is 24.9 Å². The van der Waals surface area contributed by atoms with E-state index in [4.69, 9.17) is 5.26 Å². The van der Waals surface area contributed by atoms with E-state index in [1.165, 1.54) is 0 Å². The van der Waals surface area contributed by atoms with Gasteiger partial charge in [0.05, 0.1) is 18.2 Å². The van der Waals surface area contributed by atoms with Crippen molar-refractivity contribution in [2.45, 2.75) is 19.4 Å². The van der Waals surface area contributed by atoms with E-state index < -0.39 is 0 Å². The Hall–Kier alpha value is -1.58. The van der Waals surface area contributed by atoms with Gasteiger partial charge in [-0.25, -0.2) is 0 Å².